The van der Waals surface area contributed by atoms with Gasteiger partial charge in [-0.15, -0.1) is 0 Å². The highest BCUT2D eigenvalue weighted by Crippen LogP contribution is 2.54. The van der Waals surface area contributed by atoms with Crippen LogP contribution in [0.5, 0.6) is 0 Å². The molecule has 1 fully saturated rings. The van der Waals surface area contributed by atoms with Crippen LogP contribution in [-0.2, 0) is 18.8 Å². The minimum atomic E-state index is -1.92. The van der Waals surface area contributed by atoms with E-state index in [0.29, 0.717) is 6.42 Å². The molecule has 0 aromatic rings. The van der Waals surface area contributed by atoms with Crippen LogP contribution in [0.4, 0.5) is 0 Å². The Morgan fingerprint density at radius 2 is 1.86 bits per heavy atom. The van der Waals surface area contributed by atoms with Crippen LogP contribution in [0.25, 0.3) is 0 Å². The fraction of sp³-hybridized carbons (Fsp3) is 0.818. The van der Waals surface area contributed by atoms with E-state index in [0.717, 1.165) is 18.4 Å². The van der Waals surface area contributed by atoms with E-state index in [-0.39, 0.29) is 28.3 Å². The van der Waals surface area contributed by atoms with E-state index in [4.69, 9.17) is 9.16 Å². The predicted octanol–water partition coefficient (Wildman–Crippen LogP) is 4.25. The van der Waals surface area contributed by atoms with Gasteiger partial charge >= 0.3 is 5.97 Å². The van der Waals surface area contributed by atoms with Gasteiger partial charge in [0.05, 0.1) is 13.0 Å². The lowest BCUT2D eigenvalue weighted by Gasteiger charge is -2.53. The zero-order valence-electron chi connectivity index (χ0n) is 19.0. The number of esters is 1. The van der Waals surface area contributed by atoms with E-state index in [9.17, 15) is 14.7 Å². The minimum Gasteiger partial charge on any atom is -0.467 e. The summed E-state index contributed by atoms with van der Waals surface area (Å²) in [5, 5.41) is 10.9. The van der Waals surface area contributed by atoms with Crippen molar-refractivity contribution in [1.82, 2.24) is 0 Å². The number of ketones is 1. The maximum atomic E-state index is 12.7. The van der Waals surface area contributed by atoms with Gasteiger partial charge in [-0.2, -0.15) is 0 Å². The van der Waals surface area contributed by atoms with E-state index < -0.39 is 25.8 Å². The summed E-state index contributed by atoms with van der Waals surface area (Å²) in [4.78, 5) is 24.9. The minimum absolute atomic E-state index is 0.111. The molecule has 0 spiro atoms. The second-order valence-electron chi connectivity index (χ2n) is 10.6. The summed E-state index contributed by atoms with van der Waals surface area (Å²) in [6.45, 7) is 17.0. The Morgan fingerprint density at radius 1 is 1.29 bits per heavy atom. The van der Waals surface area contributed by atoms with Gasteiger partial charge < -0.3 is 14.3 Å². The van der Waals surface area contributed by atoms with Crippen molar-refractivity contribution in [3.63, 3.8) is 0 Å². The number of allylic oxidation sites excluding steroid dienone is 2. The second-order valence-corrected chi connectivity index (χ2v) is 15.4. The standard InChI is InChI=1S/C22H38O5Si/c1-14-18(27-28(8,9)20(2,3)4)11-10-15-12-17(23)16(13-21(14,15)5)22(6,25)19(24)26-7/h12,14,16,18,25H,10-11,13H2,1-9H3/t14-,16-,18-,21+,22?/m0/s1. The molecule has 1 unspecified atom stereocenters. The van der Waals surface area contributed by atoms with Crippen molar-refractivity contribution in [2.45, 2.75) is 90.6 Å². The number of fused-ring (bicyclic) bond motifs is 1. The van der Waals surface area contributed by atoms with E-state index >= 15 is 0 Å². The van der Waals surface area contributed by atoms with Crippen LogP contribution in [0.3, 0.4) is 0 Å². The summed E-state index contributed by atoms with van der Waals surface area (Å²) in [5.74, 6) is -1.56. The van der Waals surface area contributed by atoms with Crippen LogP contribution in [0, 0.1) is 17.3 Å². The van der Waals surface area contributed by atoms with Crippen molar-refractivity contribution in [1.29, 1.82) is 0 Å². The van der Waals surface area contributed by atoms with Gasteiger partial charge in [0.15, 0.2) is 19.7 Å². The van der Waals surface area contributed by atoms with Gasteiger partial charge in [-0.3, -0.25) is 4.79 Å². The number of ether oxygens (including phenoxy) is 1. The monoisotopic (exact) mass is 410 g/mol. The van der Waals surface area contributed by atoms with E-state index in [1.807, 2.05) is 0 Å². The second kappa shape index (κ2) is 7.37. The quantitative estimate of drug-likeness (QED) is 0.554. The first-order valence-corrected chi connectivity index (χ1v) is 13.2. The van der Waals surface area contributed by atoms with Crippen LogP contribution in [0.1, 0.15) is 60.8 Å². The van der Waals surface area contributed by atoms with Gasteiger partial charge in [-0.05, 0) is 61.7 Å². The highest BCUT2D eigenvalue weighted by molar-refractivity contribution is 6.74. The molecule has 6 heteroatoms. The smallest absolute Gasteiger partial charge is 0.338 e. The summed E-state index contributed by atoms with van der Waals surface area (Å²) in [6, 6.07) is 0. The first-order chi connectivity index (χ1) is 12.6. The summed E-state index contributed by atoms with van der Waals surface area (Å²) in [5.41, 5.74) is -0.997. The topological polar surface area (TPSA) is 72.8 Å². The molecule has 0 saturated heterocycles. The lowest BCUT2D eigenvalue weighted by atomic mass is 9.56. The van der Waals surface area contributed by atoms with Gasteiger partial charge in [-0.25, -0.2) is 4.79 Å². The van der Waals surface area contributed by atoms with Gasteiger partial charge in [-0.1, -0.05) is 40.2 Å². The lowest BCUT2D eigenvalue weighted by Crippen LogP contribution is -2.55. The molecule has 5 atom stereocenters. The zero-order chi connectivity index (χ0) is 21.7. The Morgan fingerprint density at radius 3 is 2.36 bits per heavy atom. The molecule has 2 rings (SSSR count). The fourth-order valence-electron chi connectivity index (χ4n) is 4.43. The molecule has 1 N–H and O–H groups in total. The normalized spacial score (nSPS) is 33.6. The first kappa shape index (κ1) is 23.3. The van der Waals surface area contributed by atoms with Crippen molar-refractivity contribution in [2.75, 3.05) is 7.11 Å². The number of rotatable bonds is 4. The van der Waals surface area contributed by atoms with Gasteiger partial charge in [0, 0.05) is 6.10 Å². The number of hydrogen-bond donors (Lipinski definition) is 1. The highest BCUT2D eigenvalue weighted by atomic mass is 28.4. The maximum Gasteiger partial charge on any atom is 0.338 e. The van der Waals surface area contributed by atoms with Crippen LogP contribution >= 0.6 is 0 Å². The number of hydrogen-bond acceptors (Lipinski definition) is 5. The highest BCUT2D eigenvalue weighted by Gasteiger charge is 2.55. The molecule has 0 aromatic carbocycles. The van der Waals surface area contributed by atoms with Crippen molar-refractivity contribution in [3.8, 4) is 0 Å². The third kappa shape index (κ3) is 3.88. The lowest BCUT2D eigenvalue weighted by molar-refractivity contribution is -0.171. The van der Waals surface area contributed by atoms with Crippen LogP contribution in [0.2, 0.25) is 18.1 Å². The third-order valence-electron chi connectivity index (χ3n) is 7.81. The molecule has 2 aliphatic rings. The van der Waals surface area contributed by atoms with E-state index in [2.05, 4.69) is 47.7 Å². The summed E-state index contributed by atoms with van der Waals surface area (Å²) in [7, 11) is -0.689. The predicted molar refractivity (Wildman–Crippen MR) is 112 cm³/mol. The van der Waals surface area contributed by atoms with Crippen LogP contribution in [0.15, 0.2) is 11.6 Å². The van der Waals surface area contributed by atoms with Crippen molar-refractivity contribution in [2.24, 2.45) is 17.3 Å². The SMILES string of the molecule is COC(=O)C(C)(O)[C@H]1C[C@@]2(C)C(=CC1=O)CC[C@H](O[Si](C)(C)C(C)(C)C)[C@@H]2C. The summed E-state index contributed by atoms with van der Waals surface area (Å²) >= 11 is 0. The van der Waals surface area contributed by atoms with E-state index in [1.54, 1.807) is 6.08 Å². The Kier molecular flexibility index (Phi) is 6.13. The molecule has 160 valence electrons. The summed E-state index contributed by atoms with van der Waals surface area (Å²) < 4.78 is 11.5. The number of carbonyl (C=O) groups is 2. The van der Waals surface area contributed by atoms with Crippen molar-refractivity contribution >= 4 is 20.1 Å². The van der Waals surface area contributed by atoms with Crippen molar-refractivity contribution in [3.05, 3.63) is 11.6 Å². The first-order valence-electron chi connectivity index (χ1n) is 10.3. The molecule has 1 saturated carbocycles. The molecular weight excluding hydrogens is 372 g/mol. The average molecular weight is 411 g/mol. The molecule has 0 heterocycles. The Labute approximate surface area is 171 Å². The Balaban J connectivity index is 2.34. The molecular formula is C22H38O5Si. The third-order valence-corrected chi connectivity index (χ3v) is 12.3. The molecule has 0 aliphatic heterocycles. The Bertz CT molecular complexity index is 673. The summed E-state index contributed by atoms with van der Waals surface area (Å²) in [6.07, 6.45) is 3.93. The largest absolute Gasteiger partial charge is 0.467 e. The molecule has 0 amide bonds. The van der Waals surface area contributed by atoms with Gasteiger partial charge in [0.2, 0.25) is 0 Å². The maximum absolute atomic E-state index is 12.7. The number of aliphatic hydroxyl groups is 1. The molecule has 0 bridgehead atoms. The Hall–Kier alpha value is -0.983. The van der Waals surface area contributed by atoms with Gasteiger partial charge in [0.25, 0.3) is 0 Å². The van der Waals surface area contributed by atoms with Crippen LogP contribution < -0.4 is 0 Å². The molecule has 0 radical (unpaired) electrons. The van der Waals surface area contributed by atoms with Gasteiger partial charge in [0.1, 0.15) is 0 Å². The molecule has 28 heavy (non-hydrogen) atoms. The molecule has 0 aromatic heterocycles. The van der Waals surface area contributed by atoms with E-state index in [1.165, 1.54) is 14.0 Å². The van der Waals surface area contributed by atoms with Crippen molar-refractivity contribution < 1.29 is 23.9 Å². The average Bonchev–Trinajstić information content (AvgIpc) is 2.57. The fourth-order valence-corrected chi connectivity index (χ4v) is 5.86. The molecule has 2 aliphatic carbocycles. The number of methoxy groups -OCH3 is 1. The molecule has 5 nitrogen and oxygen atoms in total. The zero-order valence-corrected chi connectivity index (χ0v) is 20.0. The van der Waals surface area contributed by atoms with Crippen LogP contribution in [-0.4, -0.2) is 44.0 Å². The number of carbonyl (C=O) groups excluding carboxylic acids is 2.